The van der Waals surface area contributed by atoms with Crippen LogP contribution in [0.3, 0.4) is 0 Å². The number of carboxylic acids is 3. The topological polar surface area (TPSA) is 283 Å². The molecule has 16 heteroatoms. The molecule has 1 aromatic carbocycles. The molecule has 0 saturated heterocycles. The number of nitrogens with one attached hydrogen (secondary N) is 2. The summed E-state index contributed by atoms with van der Waals surface area (Å²) in [7, 11) is 0. The second-order valence-electron chi connectivity index (χ2n) is 9.85. The molecular formula is C25H39CaN3O12. The molecule has 0 bridgehead atoms. The fourth-order valence-electron chi connectivity index (χ4n) is 2.28. The van der Waals surface area contributed by atoms with Gasteiger partial charge in [-0.05, 0) is 24.3 Å². The summed E-state index contributed by atoms with van der Waals surface area (Å²) in [6.07, 6.45) is -3.36. The van der Waals surface area contributed by atoms with E-state index in [1.807, 2.05) is 0 Å². The van der Waals surface area contributed by atoms with Crippen molar-refractivity contribution in [3.63, 3.8) is 0 Å². The van der Waals surface area contributed by atoms with Crippen molar-refractivity contribution in [1.29, 1.82) is 0 Å². The van der Waals surface area contributed by atoms with Crippen molar-refractivity contribution in [3.8, 4) is 0 Å². The molecule has 15 nitrogen and oxygen atoms in total. The zero-order valence-electron chi connectivity index (χ0n) is 23.6. The van der Waals surface area contributed by atoms with E-state index in [1.165, 1.54) is 39.8 Å². The molecule has 0 fully saturated rings. The molecule has 0 radical (unpaired) electrons. The first-order valence-electron chi connectivity index (χ1n) is 11.9. The molecule has 228 valence electrons. The Morgan fingerprint density at radius 3 is 1.34 bits per heavy atom. The Morgan fingerprint density at radius 1 is 0.780 bits per heavy atom. The summed E-state index contributed by atoms with van der Waals surface area (Å²) in [5.41, 5.74) is 4.26. The first-order valence-corrected chi connectivity index (χ1v) is 11.9. The Bertz CT molecular complexity index is 921. The number of amides is 2. The number of carbonyl (C=O) groups is 5. The predicted molar refractivity (Wildman–Crippen MR) is 143 cm³/mol. The number of aliphatic hydroxyl groups is 4. The third kappa shape index (κ3) is 19.3. The molecule has 0 aliphatic rings. The summed E-state index contributed by atoms with van der Waals surface area (Å²) >= 11 is 0. The number of aliphatic carboxylic acids is 2. The molecule has 0 unspecified atom stereocenters. The molecule has 2 atom stereocenters. The van der Waals surface area contributed by atoms with E-state index in [2.05, 4.69) is 10.6 Å². The smallest absolute Gasteiger partial charge is 0.550 e. The van der Waals surface area contributed by atoms with Gasteiger partial charge in [0, 0.05) is 54.4 Å². The van der Waals surface area contributed by atoms with Crippen molar-refractivity contribution >= 4 is 73.1 Å². The van der Waals surface area contributed by atoms with Gasteiger partial charge in [0.05, 0.1) is 18.8 Å². The number of aliphatic hydroxyl groups excluding tert-OH is 4. The van der Waals surface area contributed by atoms with Crippen molar-refractivity contribution in [2.45, 2.75) is 52.7 Å². The van der Waals surface area contributed by atoms with Crippen LogP contribution in [-0.4, -0.2) is 132 Å². The zero-order chi connectivity index (χ0) is 31.7. The monoisotopic (exact) mass is 613 g/mol. The maximum atomic E-state index is 11.2. The average molecular weight is 614 g/mol. The SMILES string of the molecule is CC(C)(CO)[C@@H](O)C(=O)NCCC(=O)[O-].CC(C)(CO)[C@@H](O)C(=O)NCCC(=O)[O-].Nc1ccc(C(=O)O)cc1.[Ca+2]. The van der Waals surface area contributed by atoms with Crippen LogP contribution in [0, 0.1) is 10.8 Å². The number of anilines is 1. The number of rotatable bonds is 13. The quantitative estimate of drug-likeness (QED) is 0.0775. The minimum absolute atomic E-state index is 0. The summed E-state index contributed by atoms with van der Waals surface area (Å²) in [4.78, 5) is 52.8. The molecule has 0 heterocycles. The number of hydrogen-bond donors (Lipinski definition) is 8. The van der Waals surface area contributed by atoms with Crippen molar-refractivity contribution in [2.24, 2.45) is 10.8 Å². The third-order valence-corrected chi connectivity index (χ3v) is 5.21. The average Bonchev–Trinajstić information content (AvgIpc) is 2.88. The van der Waals surface area contributed by atoms with E-state index in [9.17, 15) is 44.4 Å². The van der Waals surface area contributed by atoms with Crippen LogP contribution in [0.2, 0.25) is 0 Å². The van der Waals surface area contributed by atoms with Gasteiger partial charge in [-0.1, -0.05) is 27.7 Å². The normalized spacial score (nSPS) is 12.0. The summed E-state index contributed by atoms with van der Waals surface area (Å²) in [6, 6.07) is 6.06. The van der Waals surface area contributed by atoms with Gasteiger partial charge in [0.25, 0.3) is 0 Å². The van der Waals surface area contributed by atoms with Crippen LogP contribution >= 0.6 is 0 Å². The van der Waals surface area contributed by atoms with Crippen LogP contribution in [0.15, 0.2) is 24.3 Å². The van der Waals surface area contributed by atoms with Gasteiger partial charge in [0.15, 0.2) is 0 Å². The third-order valence-electron chi connectivity index (χ3n) is 5.21. The Morgan fingerprint density at radius 2 is 1.10 bits per heavy atom. The zero-order valence-corrected chi connectivity index (χ0v) is 25.8. The van der Waals surface area contributed by atoms with Crippen LogP contribution < -0.4 is 26.6 Å². The number of benzene rings is 1. The van der Waals surface area contributed by atoms with Crippen molar-refractivity contribution in [1.82, 2.24) is 10.6 Å². The summed E-state index contributed by atoms with van der Waals surface area (Å²) < 4.78 is 0. The summed E-state index contributed by atoms with van der Waals surface area (Å²) in [6.45, 7) is 5.21. The van der Waals surface area contributed by atoms with Gasteiger partial charge in [-0.2, -0.15) is 0 Å². The van der Waals surface area contributed by atoms with Crippen LogP contribution in [0.25, 0.3) is 0 Å². The van der Waals surface area contributed by atoms with Gasteiger partial charge < -0.3 is 61.7 Å². The molecule has 2 amide bonds. The molecule has 41 heavy (non-hydrogen) atoms. The van der Waals surface area contributed by atoms with Crippen LogP contribution in [0.5, 0.6) is 0 Å². The largest absolute Gasteiger partial charge is 2.00 e. The number of hydrogen-bond acceptors (Lipinski definition) is 12. The number of carbonyl (C=O) groups excluding carboxylic acids is 4. The minimum atomic E-state index is -1.37. The Kier molecular flexibility index (Phi) is 22.2. The molecule has 0 aliphatic heterocycles. The Balaban J connectivity index is -0.000000532. The van der Waals surface area contributed by atoms with Gasteiger partial charge in [-0.15, -0.1) is 0 Å². The molecule has 1 aromatic rings. The van der Waals surface area contributed by atoms with Gasteiger partial charge in [-0.3, -0.25) is 9.59 Å². The number of nitrogen functional groups attached to an aromatic ring is 1. The van der Waals surface area contributed by atoms with Crippen molar-refractivity contribution in [2.75, 3.05) is 32.0 Å². The van der Waals surface area contributed by atoms with E-state index in [0.717, 1.165) is 0 Å². The van der Waals surface area contributed by atoms with Gasteiger partial charge in [-0.25, -0.2) is 4.79 Å². The standard InChI is InChI=1S/2C9H17NO5.C7H7NO2.Ca/c2*1-9(2,5-11)7(14)8(15)10-4-3-6(12)13;8-6-3-1-5(2-4-6)7(9)10;/h2*7,11,14H,3-5H2,1-2H3,(H,10,15)(H,12,13);1-4H,8H2,(H,9,10);/q;;;+2/p-2/t2*7-;;/m00../s1. The number of nitrogens with two attached hydrogens (primary N) is 1. The maximum Gasteiger partial charge on any atom is 2.00 e. The second kappa shape index (κ2) is 21.2. The molecule has 9 N–H and O–H groups in total. The van der Waals surface area contributed by atoms with Gasteiger partial charge >= 0.3 is 43.7 Å². The van der Waals surface area contributed by atoms with E-state index in [1.54, 1.807) is 12.1 Å². The predicted octanol–water partition coefficient (Wildman–Crippen LogP) is -4.17. The fourth-order valence-corrected chi connectivity index (χ4v) is 2.28. The second-order valence-corrected chi connectivity index (χ2v) is 9.85. The van der Waals surface area contributed by atoms with Crippen molar-refractivity contribution < 1.29 is 59.7 Å². The first kappa shape index (κ1) is 42.9. The number of aromatic carboxylic acids is 1. The van der Waals surface area contributed by atoms with Gasteiger partial charge in [0.1, 0.15) is 12.2 Å². The van der Waals surface area contributed by atoms with E-state index in [4.69, 9.17) is 21.1 Å². The van der Waals surface area contributed by atoms with Crippen LogP contribution in [-0.2, 0) is 19.2 Å². The summed E-state index contributed by atoms with van der Waals surface area (Å²) in [5, 5.41) is 69.7. The minimum Gasteiger partial charge on any atom is -0.550 e. The molecule has 0 spiro atoms. The van der Waals surface area contributed by atoms with Crippen molar-refractivity contribution in [3.05, 3.63) is 29.8 Å². The fraction of sp³-hybridized carbons (Fsp3) is 0.560. The Labute approximate surface area is 267 Å². The number of carboxylic acid groups (broad SMARTS) is 3. The van der Waals surface area contributed by atoms with Gasteiger partial charge in [0.2, 0.25) is 11.8 Å². The van der Waals surface area contributed by atoms with E-state index < -0.39 is 52.8 Å². The van der Waals surface area contributed by atoms with E-state index in [0.29, 0.717) is 5.69 Å². The molecule has 1 rings (SSSR count). The molecular weight excluding hydrogens is 574 g/mol. The molecule has 0 aromatic heterocycles. The van der Waals surface area contributed by atoms with Crippen LogP contribution in [0.4, 0.5) is 5.69 Å². The summed E-state index contributed by atoms with van der Waals surface area (Å²) in [5.74, 6) is -4.87. The molecule has 0 aliphatic carbocycles. The van der Waals surface area contributed by atoms with E-state index >= 15 is 0 Å². The first-order chi connectivity index (χ1) is 18.3. The molecule has 0 saturated carbocycles. The van der Waals surface area contributed by atoms with Crippen LogP contribution in [0.1, 0.15) is 50.9 Å². The maximum absolute atomic E-state index is 11.2. The van der Waals surface area contributed by atoms with E-state index in [-0.39, 0.29) is 82.4 Å². The Hall–Kier alpha value is -2.53.